The number of rotatable bonds is 5. The minimum atomic E-state index is -0.316. The highest BCUT2D eigenvalue weighted by atomic mass is 32.1. The number of carbonyl (C=O) groups excluding carboxylic acids is 1. The third-order valence-electron chi connectivity index (χ3n) is 4.96. The van der Waals surface area contributed by atoms with Crippen molar-refractivity contribution >= 4 is 23.3 Å². The summed E-state index contributed by atoms with van der Waals surface area (Å²) >= 11 is 5.61. The molecular formula is C20H22N4O2S. The molecule has 1 N–H and O–H groups in total. The van der Waals surface area contributed by atoms with Crippen LogP contribution in [0, 0.1) is 0 Å². The topological polar surface area (TPSA) is 59.4 Å². The molecule has 1 aromatic carbocycles. The summed E-state index contributed by atoms with van der Waals surface area (Å²) in [6.45, 7) is 4.13. The second-order valence-corrected chi connectivity index (χ2v) is 7.15. The molecule has 4 rings (SSSR count). The molecule has 1 aromatic heterocycles. The summed E-state index contributed by atoms with van der Waals surface area (Å²) < 4.78 is 7.29. The third kappa shape index (κ3) is 3.35. The van der Waals surface area contributed by atoms with Crippen LogP contribution in [-0.4, -0.2) is 38.2 Å². The molecule has 1 aliphatic heterocycles. The zero-order chi connectivity index (χ0) is 19.0. The number of esters is 1. The first kappa shape index (κ1) is 17.7. The second-order valence-electron chi connectivity index (χ2n) is 6.76. The van der Waals surface area contributed by atoms with Crippen molar-refractivity contribution in [2.45, 2.75) is 38.8 Å². The monoisotopic (exact) mass is 382 g/mol. The maximum atomic E-state index is 12.7. The van der Waals surface area contributed by atoms with Crippen LogP contribution in [0.2, 0.25) is 0 Å². The Hall–Kier alpha value is -2.67. The molecule has 2 aliphatic rings. The molecule has 1 fully saturated rings. The first-order valence-electron chi connectivity index (χ1n) is 9.16. The van der Waals surface area contributed by atoms with Gasteiger partial charge in [0.25, 0.3) is 0 Å². The van der Waals surface area contributed by atoms with Gasteiger partial charge in [0.15, 0.2) is 5.11 Å². The van der Waals surface area contributed by atoms with Gasteiger partial charge in [-0.3, -0.25) is 0 Å². The number of carbonyl (C=O) groups is 1. The van der Waals surface area contributed by atoms with Crippen LogP contribution in [0.1, 0.15) is 38.3 Å². The van der Waals surface area contributed by atoms with Crippen molar-refractivity contribution < 1.29 is 9.53 Å². The van der Waals surface area contributed by atoms with Crippen molar-refractivity contribution in [1.29, 1.82) is 0 Å². The SMILES string of the molecule is CCOC(=O)C1=C(C)N(C2CC2)C(=S)NC1c1ccc(-n2ccnc2)cc1. The van der Waals surface area contributed by atoms with Gasteiger partial charge in [0, 0.05) is 29.8 Å². The molecule has 2 heterocycles. The van der Waals surface area contributed by atoms with Crippen molar-refractivity contribution in [3.63, 3.8) is 0 Å². The highest BCUT2D eigenvalue weighted by Gasteiger charge is 2.40. The first-order chi connectivity index (χ1) is 13.1. The Kier molecular flexibility index (Phi) is 4.70. The van der Waals surface area contributed by atoms with E-state index in [1.54, 1.807) is 12.5 Å². The fraction of sp³-hybridized carbons (Fsp3) is 0.350. The molecule has 0 amide bonds. The molecule has 2 aromatic rings. The molecule has 1 unspecified atom stereocenters. The van der Waals surface area contributed by atoms with Gasteiger partial charge >= 0.3 is 5.97 Å². The lowest BCUT2D eigenvalue weighted by molar-refractivity contribution is -0.139. The number of thiocarbonyl (C=S) groups is 1. The minimum absolute atomic E-state index is 0.292. The van der Waals surface area contributed by atoms with Crippen LogP contribution in [0.4, 0.5) is 0 Å². The van der Waals surface area contributed by atoms with Crippen LogP contribution in [0.3, 0.4) is 0 Å². The number of allylic oxidation sites excluding steroid dienone is 1. The third-order valence-corrected chi connectivity index (χ3v) is 5.28. The summed E-state index contributed by atoms with van der Waals surface area (Å²) in [5, 5.41) is 4.03. The van der Waals surface area contributed by atoms with Crippen LogP contribution in [0.25, 0.3) is 5.69 Å². The van der Waals surface area contributed by atoms with E-state index >= 15 is 0 Å². The van der Waals surface area contributed by atoms with Crippen molar-refractivity contribution in [1.82, 2.24) is 19.8 Å². The Morgan fingerprint density at radius 1 is 1.33 bits per heavy atom. The number of nitrogens with zero attached hydrogens (tertiary/aromatic N) is 3. The zero-order valence-corrected chi connectivity index (χ0v) is 16.2. The zero-order valence-electron chi connectivity index (χ0n) is 15.4. The van der Waals surface area contributed by atoms with E-state index in [9.17, 15) is 4.79 Å². The van der Waals surface area contributed by atoms with E-state index < -0.39 is 0 Å². The molecular weight excluding hydrogens is 360 g/mol. The summed E-state index contributed by atoms with van der Waals surface area (Å²) in [4.78, 5) is 18.9. The second kappa shape index (κ2) is 7.15. The average molecular weight is 382 g/mol. The Labute approximate surface area is 163 Å². The summed E-state index contributed by atoms with van der Waals surface area (Å²) in [6, 6.07) is 8.10. The maximum Gasteiger partial charge on any atom is 0.338 e. The van der Waals surface area contributed by atoms with Gasteiger partial charge in [0.05, 0.1) is 24.5 Å². The molecule has 27 heavy (non-hydrogen) atoms. The van der Waals surface area contributed by atoms with Crippen molar-refractivity contribution in [3.05, 3.63) is 59.8 Å². The molecule has 1 atom stereocenters. The number of aromatic nitrogens is 2. The van der Waals surface area contributed by atoms with Crippen LogP contribution in [0.5, 0.6) is 0 Å². The van der Waals surface area contributed by atoms with Gasteiger partial charge in [0.1, 0.15) is 0 Å². The predicted octanol–water partition coefficient (Wildman–Crippen LogP) is 3.10. The molecule has 6 nitrogen and oxygen atoms in total. The maximum absolute atomic E-state index is 12.7. The molecule has 0 spiro atoms. The van der Waals surface area contributed by atoms with E-state index in [2.05, 4.69) is 15.2 Å². The van der Waals surface area contributed by atoms with E-state index in [1.807, 2.05) is 48.9 Å². The molecule has 0 bridgehead atoms. The number of hydrogen-bond donors (Lipinski definition) is 1. The summed E-state index contributed by atoms with van der Waals surface area (Å²) in [7, 11) is 0. The summed E-state index contributed by atoms with van der Waals surface area (Å²) in [5.41, 5.74) is 3.50. The van der Waals surface area contributed by atoms with E-state index in [4.69, 9.17) is 17.0 Å². The summed E-state index contributed by atoms with van der Waals surface area (Å²) in [5.74, 6) is -0.292. The Bertz CT molecular complexity index is 885. The Morgan fingerprint density at radius 2 is 2.07 bits per heavy atom. The normalized spacial score (nSPS) is 19.9. The number of nitrogens with one attached hydrogen (secondary N) is 1. The highest BCUT2D eigenvalue weighted by molar-refractivity contribution is 7.80. The quantitative estimate of drug-likeness (QED) is 0.633. The van der Waals surface area contributed by atoms with E-state index in [0.29, 0.717) is 23.3 Å². The first-order valence-corrected chi connectivity index (χ1v) is 9.57. The lowest BCUT2D eigenvalue weighted by Gasteiger charge is -2.37. The van der Waals surface area contributed by atoms with Gasteiger partial charge < -0.3 is 19.5 Å². The molecule has 140 valence electrons. The molecule has 0 saturated heterocycles. The lowest BCUT2D eigenvalue weighted by atomic mass is 9.94. The smallest absolute Gasteiger partial charge is 0.338 e. The molecule has 0 radical (unpaired) electrons. The molecule has 1 aliphatic carbocycles. The van der Waals surface area contributed by atoms with Gasteiger partial charge in [-0.15, -0.1) is 0 Å². The largest absolute Gasteiger partial charge is 0.463 e. The number of hydrogen-bond acceptors (Lipinski definition) is 4. The fourth-order valence-electron chi connectivity index (χ4n) is 3.50. The van der Waals surface area contributed by atoms with Gasteiger partial charge in [-0.05, 0) is 56.6 Å². The van der Waals surface area contributed by atoms with E-state index in [1.165, 1.54) is 0 Å². The standard InChI is InChI=1S/C20H22N4O2S/c1-3-26-19(25)17-13(2)24(16-8-9-16)20(27)22-18(17)14-4-6-15(7-5-14)23-11-10-21-12-23/h4-7,10-12,16,18H,3,8-9H2,1-2H3,(H,22,27). The van der Waals surface area contributed by atoms with E-state index in [0.717, 1.165) is 29.8 Å². The van der Waals surface area contributed by atoms with Gasteiger partial charge in [-0.25, -0.2) is 9.78 Å². The van der Waals surface area contributed by atoms with Crippen LogP contribution < -0.4 is 5.32 Å². The summed E-state index contributed by atoms with van der Waals surface area (Å²) in [6.07, 6.45) is 7.58. The van der Waals surface area contributed by atoms with Crippen molar-refractivity contribution in [3.8, 4) is 5.69 Å². The van der Waals surface area contributed by atoms with Gasteiger partial charge in [-0.1, -0.05) is 12.1 Å². The van der Waals surface area contributed by atoms with Crippen LogP contribution >= 0.6 is 12.2 Å². The fourth-order valence-corrected chi connectivity index (χ4v) is 3.91. The van der Waals surface area contributed by atoms with Crippen molar-refractivity contribution in [2.75, 3.05) is 6.61 Å². The van der Waals surface area contributed by atoms with Crippen LogP contribution in [0.15, 0.2) is 54.3 Å². The molecule has 7 heteroatoms. The van der Waals surface area contributed by atoms with Crippen molar-refractivity contribution in [2.24, 2.45) is 0 Å². The highest BCUT2D eigenvalue weighted by Crippen LogP contribution is 2.38. The minimum Gasteiger partial charge on any atom is -0.463 e. The molecule has 1 saturated carbocycles. The van der Waals surface area contributed by atoms with Gasteiger partial charge in [-0.2, -0.15) is 0 Å². The van der Waals surface area contributed by atoms with E-state index in [-0.39, 0.29) is 12.0 Å². The number of benzene rings is 1. The predicted molar refractivity (Wildman–Crippen MR) is 106 cm³/mol. The Balaban J connectivity index is 1.71. The number of imidazole rings is 1. The number of ether oxygens (including phenoxy) is 1. The van der Waals surface area contributed by atoms with Crippen LogP contribution in [-0.2, 0) is 9.53 Å². The Morgan fingerprint density at radius 3 is 2.67 bits per heavy atom. The average Bonchev–Trinajstić information content (AvgIpc) is 3.33. The van der Waals surface area contributed by atoms with Gasteiger partial charge in [0.2, 0.25) is 0 Å². The lowest BCUT2D eigenvalue weighted by Crippen LogP contribution is -2.48.